The van der Waals surface area contributed by atoms with Crippen LogP contribution in [-0.2, 0) is 22.6 Å². The highest BCUT2D eigenvalue weighted by Gasteiger charge is 2.43. The van der Waals surface area contributed by atoms with Gasteiger partial charge in [-0.05, 0) is 68.9 Å². The number of carbonyl (C=O) groups excluding carboxylic acids is 2. The number of benzene rings is 3. The van der Waals surface area contributed by atoms with Crippen LogP contribution in [0.3, 0.4) is 0 Å². The molecule has 5 rings (SSSR count). The summed E-state index contributed by atoms with van der Waals surface area (Å²) in [6, 6.07) is 24.9. The van der Waals surface area contributed by atoms with Gasteiger partial charge in [0.1, 0.15) is 35.9 Å². The molecule has 1 aliphatic heterocycles. The Kier molecular flexibility index (Phi) is 8.29. The third kappa shape index (κ3) is 6.95. The van der Waals surface area contributed by atoms with Crippen molar-refractivity contribution in [3.8, 4) is 11.5 Å². The summed E-state index contributed by atoms with van der Waals surface area (Å²) in [7, 11) is 0. The Morgan fingerprint density at radius 1 is 0.950 bits per heavy atom. The molecule has 0 spiro atoms. The van der Waals surface area contributed by atoms with E-state index in [2.05, 4.69) is 17.4 Å². The van der Waals surface area contributed by atoms with Crippen molar-refractivity contribution in [3.05, 3.63) is 95.6 Å². The van der Waals surface area contributed by atoms with Gasteiger partial charge in [-0.1, -0.05) is 60.7 Å². The van der Waals surface area contributed by atoms with Crippen LogP contribution in [0.2, 0.25) is 0 Å². The lowest BCUT2D eigenvalue weighted by Crippen LogP contribution is -2.48. The molecule has 1 N–H and O–H groups in total. The maximum Gasteiger partial charge on any atom is 0.411 e. The molecule has 1 saturated heterocycles. The highest BCUT2D eigenvalue weighted by atomic mass is 16.6. The van der Waals surface area contributed by atoms with Gasteiger partial charge >= 0.3 is 6.09 Å². The number of hydrogen-bond donors (Lipinski definition) is 1. The van der Waals surface area contributed by atoms with Crippen LogP contribution in [-0.4, -0.2) is 41.2 Å². The van der Waals surface area contributed by atoms with Crippen molar-refractivity contribution in [3.63, 3.8) is 0 Å². The SMILES string of the molecule is CC(C)(C)OC(=O)N1C[C@@H](Oc2cccc(OCc3ccccc3)c2)C[C@H]1C(=O)N[C@@H]1CCCc2ccccc21. The van der Waals surface area contributed by atoms with Crippen molar-refractivity contribution in [1.82, 2.24) is 10.2 Å². The van der Waals surface area contributed by atoms with E-state index in [1.807, 2.05) is 87.5 Å². The molecule has 0 saturated carbocycles. The number of fused-ring (bicyclic) bond motifs is 1. The summed E-state index contributed by atoms with van der Waals surface area (Å²) >= 11 is 0. The fraction of sp³-hybridized carbons (Fsp3) is 0.394. The number of nitrogens with one attached hydrogen (secondary N) is 1. The minimum atomic E-state index is -0.688. The first-order chi connectivity index (χ1) is 19.2. The predicted octanol–water partition coefficient (Wildman–Crippen LogP) is 6.22. The maximum absolute atomic E-state index is 13.6. The third-order valence-corrected chi connectivity index (χ3v) is 7.24. The molecule has 2 aliphatic rings. The first kappa shape index (κ1) is 27.6. The van der Waals surface area contributed by atoms with E-state index < -0.39 is 17.7 Å². The minimum absolute atomic E-state index is 0.0728. The van der Waals surface area contributed by atoms with Crippen molar-refractivity contribution in [2.75, 3.05) is 6.54 Å². The first-order valence-electron chi connectivity index (χ1n) is 14.1. The van der Waals surface area contributed by atoms with E-state index in [1.165, 1.54) is 10.5 Å². The second kappa shape index (κ2) is 12.0. The second-order valence-corrected chi connectivity index (χ2v) is 11.5. The number of ether oxygens (including phenoxy) is 3. The molecule has 0 radical (unpaired) electrons. The zero-order chi connectivity index (χ0) is 28.1. The Balaban J connectivity index is 1.28. The van der Waals surface area contributed by atoms with Gasteiger partial charge in [0.05, 0.1) is 12.6 Å². The number of hydrogen-bond acceptors (Lipinski definition) is 5. The smallest absolute Gasteiger partial charge is 0.411 e. The van der Waals surface area contributed by atoms with Crippen LogP contribution >= 0.6 is 0 Å². The lowest BCUT2D eigenvalue weighted by Gasteiger charge is -2.30. The van der Waals surface area contributed by atoms with Gasteiger partial charge in [-0.15, -0.1) is 0 Å². The summed E-state index contributed by atoms with van der Waals surface area (Å²) in [6.45, 7) is 6.17. The average Bonchev–Trinajstić information content (AvgIpc) is 3.36. The van der Waals surface area contributed by atoms with Gasteiger partial charge in [-0.2, -0.15) is 0 Å². The summed E-state index contributed by atoms with van der Waals surface area (Å²) in [4.78, 5) is 28.3. The van der Waals surface area contributed by atoms with Crippen LogP contribution < -0.4 is 14.8 Å². The van der Waals surface area contributed by atoms with Crippen LogP contribution in [0.25, 0.3) is 0 Å². The highest BCUT2D eigenvalue weighted by Crippen LogP contribution is 2.32. The van der Waals surface area contributed by atoms with E-state index in [0.29, 0.717) is 24.5 Å². The fourth-order valence-corrected chi connectivity index (χ4v) is 5.40. The zero-order valence-corrected chi connectivity index (χ0v) is 23.5. The summed E-state index contributed by atoms with van der Waals surface area (Å²) in [5, 5.41) is 3.23. The molecule has 210 valence electrons. The molecule has 3 aromatic rings. The Bertz CT molecular complexity index is 1320. The number of nitrogens with zero attached hydrogens (tertiary/aromatic N) is 1. The summed E-state index contributed by atoms with van der Waals surface area (Å²) in [6.07, 6.45) is 2.39. The van der Waals surface area contributed by atoms with Crippen molar-refractivity contribution >= 4 is 12.0 Å². The van der Waals surface area contributed by atoms with Gasteiger partial charge in [0.15, 0.2) is 0 Å². The summed E-state index contributed by atoms with van der Waals surface area (Å²) < 4.78 is 17.9. The molecular weight excluding hydrogens is 504 g/mol. The fourth-order valence-electron chi connectivity index (χ4n) is 5.40. The quantitative estimate of drug-likeness (QED) is 0.384. The van der Waals surface area contributed by atoms with E-state index in [4.69, 9.17) is 14.2 Å². The minimum Gasteiger partial charge on any atom is -0.489 e. The Hall–Kier alpha value is -4.00. The standard InChI is InChI=1S/C33H38N2O5/c1-33(2,3)40-32(37)35-21-27(39-26-16-10-15-25(19-26)38-22-23-11-5-4-6-12-23)20-30(35)31(36)34-29-18-9-14-24-13-7-8-17-28(24)29/h4-8,10-13,15-17,19,27,29-30H,9,14,18,20-22H2,1-3H3,(H,34,36)/t27-,29+,30-/m0/s1. The molecule has 0 aromatic heterocycles. The molecule has 0 bridgehead atoms. The Labute approximate surface area is 236 Å². The Morgan fingerprint density at radius 3 is 2.50 bits per heavy atom. The lowest BCUT2D eigenvalue weighted by atomic mass is 9.87. The lowest BCUT2D eigenvalue weighted by molar-refractivity contribution is -0.126. The molecule has 1 aliphatic carbocycles. The monoisotopic (exact) mass is 542 g/mol. The first-order valence-corrected chi connectivity index (χ1v) is 14.1. The van der Waals surface area contributed by atoms with Crippen LogP contribution in [0.5, 0.6) is 11.5 Å². The van der Waals surface area contributed by atoms with Crippen LogP contribution in [0, 0.1) is 0 Å². The number of aryl methyl sites for hydroxylation is 1. The molecule has 0 unspecified atom stereocenters. The number of likely N-dealkylation sites (tertiary alicyclic amines) is 1. The van der Waals surface area contributed by atoms with Gasteiger partial charge in [0, 0.05) is 12.5 Å². The predicted molar refractivity (Wildman–Crippen MR) is 153 cm³/mol. The molecule has 1 fully saturated rings. The highest BCUT2D eigenvalue weighted by molar-refractivity contribution is 5.87. The normalized spacial score (nSPS) is 20.4. The molecule has 2 amide bonds. The average molecular weight is 543 g/mol. The topological polar surface area (TPSA) is 77.1 Å². The van der Waals surface area contributed by atoms with E-state index in [-0.39, 0.29) is 24.6 Å². The van der Waals surface area contributed by atoms with Crippen molar-refractivity contribution in [2.45, 2.75) is 76.9 Å². The van der Waals surface area contributed by atoms with Crippen LogP contribution in [0.4, 0.5) is 4.79 Å². The van der Waals surface area contributed by atoms with E-state index in [0.717, 1.165) is 30.4 Å². The number of amides is 2. The van der Waals surface area contributed by atoms with Gasteiger partial charge < -0.3 is 19.5 Å². The number of rotatable bonds is 7. The van der Waals surface area contributed by atoms with Gasteiger partial charge in [0.25, 0.3) is 0 Å². The van der Waals surface area contributed by atoms with Gasteiger partial charge in [-0.25, -0.2) is 4.79 Å². The van der Waals surface area contributed by atoms with Crippen LogP contribution in [0.1, 0.15) is 62.8 Å². The second-order valence-electron chi connectivity index (χ2n) is 11.5. The molecule has 40 heavy (non-hydrogen) atoms. The summed E-state index contributed by atoms with van der Waals surface area (Å²) in [5.41, 5.74) is 2.82. The largest absolute Gasteiger partial charge is 0.489 e. The number of carbonyl (C=O) groups is 2. The van der Waals surface area contributed by atoms with Crippen molar-refractivity contribution < 1.29 is 23.8 Å². The van der Waals surface area contributed by atoms with Crippen molar-refractivity contribution in [1.29, 1.82) is 0 Å². The molecule has 3 aromatic carbocycles. The van der Waals surface area contributed by atoms with Crippen LogP contribution in [0.15, 0.2) is 78.9 Å². The molecule has 7 heteroatoms. The van der Waals surface area contributed by atoms with Gasteiger partial charge in [0.2, 0.25) is 5.91 Å². The summed E-state index contributed by atoms with van der Waals surface area (Å²) in [5.74, 6) is 1.13. The Morgan fingerprint density at radius 2 is 1.70 bits per heavy atom. The van der Waals surface area contributed by atoms with E-state index in [9.17, 15) is 9.59 Å². The molecule has 7 nitrogen and oxygen atoms in total. The van der Waals surface area contributed by atoms with Gasteiger partial charge in [-0.3, -0.25) is 9.69 Å². The van der Waals surface area contributed by atoms with E-state index >= 15 is 0 Å². The third-order valence-electron chi connectivity index (χ3n) is 7.24. The zero-order valence-electron chi connectivity index (χ0n) is 23.5. The van der Waals surface area contributed by atoms with E-state index in [1.54, 1.807) is 0 Å². The maximum atomic E-state index is 13.6. The molecule has 3 atom stereocenters. The molecular formula is C33H38N2O5. The van der Waals surface area contributed by atoms with Crippen molar-refractivity contribution in [2.24, 2.45) is 0 Å². The molecule has 1 heterocycles.